The maximum atomic E-state index is 13.6. The van der Waals surface area contributed by atoms with Gasteiger partial charge >= 0.3 is 0 Å². The van der Waals surface area contributed by atoms with Crippen LogP contribution in [0.5, 0.6) is 0 Å². The minimum atomic E-state index is -1.03. The fraction of sp³-hybridized carbons (Fsp3) is 0.640. The molecule has 32 heavy (non-hydrogen) atoms. The molecule has 1 aliphatic rings. The van der Waals surface area contributed by atoms with E-state index in [1.165, 1.54) is 0 Å². The molecule has 0 bridgehead atoms. The van der Waals surface area contributed by atoms with Crippen molar-refractivity contribution >= 4 is 17.7 Å². The molecule has 1 aromatic carbocycles. The molecule has 2 rings (SSSR count). The van der Waals surface area contributed by atoms with Crippen LogP contribution in [-0.4, -0.2) is 28.5 Å². The van der Waals surface area contributed by atoms with Crippen LogP contribution in [-0.2, 0) is 20.9 Å². The number of amides is 3. The zero-order chi connectivity index (χ0) is 23.8. The van der Waals surface area contributed by atoms with Crippen molar-refractivity contribution in [3.8, 4) is 0 Å². The highest BCUT2D eigenvalue weighted by atomic mass is 16.5. The number of unbranched alkanes of at least 4 members (excludes halogenated alkanes) is 1. The van der Waals surface area contributed by atoms with Crippen LogP contribution < -0.4 is 16.1 Å². The quantitative estimate of drug-likeness (QED) is 0.274. The molecule has 0 saturated heterocycles. The van der Waals surface area contributed by atoms with E-state index in [2.05, 4.69) is 24.5 Å². The molecule has 1 saturated carbocycles. The third kappa shape index (κ3) is 6.55. The maximum Gasteiger partial charge on any atom is 0.246 e. The van der Waals surface area contributed by atoms with Gasteiger partial charge in [-0.3, -0.25) is 19.6 Å². The Bertz CT molecular complexity index is 777. The molecule has 0 aromatic heterocycles. The van der Waals surface area contributed by atoms with Gasteiger partial charge in [0.05, 0.1) is 0 Å². The molecule has 0 aliphatic heterocycles. The number of benzene rings is 1. The Morgan fingerprint density at radius 1 is 1.16 bits per heavy atom. The summed E-state index contributed by atoms with van der Waals surface area (Å²) in [5, 5.41) is 15.1. The molecule has 2 atom stereocenters. The van der Waals surface area contributed by atoms with Crippen molar-refractivity contribution in [2.45, 2.75) is 84.7 Å². The van der Waals surface area contributed by atoms with Crippen LogP contribution >= 0.6 is 0 Å². The number of rotatable bonds is 13. The van der Waals surface area contributed by atoms with Crippen molar-refractivity contribution in [1.29, 1.82) is 0 Å². The molecule has 4 N–H and O–H groups in total. The minimum Gasteiger partial charge on any atom is -0.350 e. The van der Waals surface area contributed by atoms with E-state index in [4.69, 9.17) is 5.21 Å². The highest BCUT2D eigenvalue weighted by Gasteiger charge is 2.60. The number of carbonyl (C=O) groups is 3. The van der Waals surface area contributed by atoms with Gasteiger partial charge in [-0.1, -0.05) is 70.9 Å². The van der Waals surface area contributed by atoms with Crippen molar-refractivity contribution in [3.63, 3.8) is 0 Å². The lowest BCUT2D eigenvalue weighted by Crippen LogP contribution is -2.64. The van der Waals surface area contributed by atoms with Gasteiger partial charge in [0.1, 0.15) is 5.54 Å². The van der Waals surface area contributed by atoms with Crippen molar-refractivity contribution in [1.82, 2.24) is 16.1 Å². The van der Waals surface area contributed by atoms with Crippen molar-refractivity contribution in [2.75, 3.05) is 0 Å². The van der Waals surface area contributed by atoms with Gasteiger partial charge in [0.15, 0.2) is 0 Å². The van der Waals surface area contributed by atoms with Crippen LogP contribution in [0.3, 0.4) is 0 Å². The first-order chi connectivity index (χ1) is 15.2. The number of carbonyl (C=O) groups excluding carboxylic acids is 3. The van der Waals surface area contributed by atoms with E-state index in [-0.39, 0.29) is 29.6 Å². The van der Waals surface area contributed by atoms with Gasteiger partial charge in [-0.2, -0.15) is 0 Å². The first-order valence-corrected chi connectivity index (χ1v) is 11.7. The third-order valence-corrected chi connectivity index (χ3v) is 6.64. The summed E-state index contributed by atoms with van der Waals surface area (Å²) in [6, 6.07) is 9.70. The summed E-state index contributed by atoms with van der Waals surface area (Å²) in [7, 11) is 0. The van der Waals surface area contributed by atoms with Crippen LogP contribution in [0.4, 0.5) is 0 Å². The molecule has 7 heteroatoms. The van der Waals surface area contributed by atoms with E-state index >= 15 is 0 Å². The third-order valence-electron chi connectivity index (χ3n) is 6.64. The summed E-state index contributed by atoms with van der Waals surface area (Å²) in [6.45, 7) is 8.48. The Balaban J connectivity index is 2.29. The number of hydrogen-bond acceptors (Lipinski definition) is 4. The molecule has 1 aliphatic carbocycles. The molecule has 0 radical (unpaired) electrons. The van der Waals surface area contributed by atoms with Gasteiger partial charge in [-0.05, 0) is 42.6 Å². The second kappa shape index (κ2) is 11.5. The lowest BCUT2D eigenvalue weighted by Gasteiger charge is -2.40. The number of hydroxylamine groups is 1. The SMILES string of the molecule is CCCCC(NC(=O)[C@@H](CC(=O)NO)CC(C)C)(C(=O)NCc1ccccc1)C1(C)CC1. The van der Waals surface area contributed by atoms with E-state index in [1.807, 2.05) is 44.2 Å². The fourth-order valence-corrected chi connectivity index (χ4v) is 4.38. The van der Waals surface area contributed by atoms with Crippen LogP contribution in [0.2, 0.25) is 0 Å². The Kier molecular flexibility index (Phi) is 9.25. The predicted molar refractivity (Wildman–Crippen MR) is 124 cm³/mol. The summed E-state index contributed by atoms with van der Waals surface area (Å²) in [5.74, 6) is -1.51. The van der Waals surface area contributed by atoms with E-state index < -0.39 is 17.4 Å². The average Bonchev–Trinajstić information content (AvgIpc) is 3.53. The zero-order valence-electron chi connectivity index (χ0n) is 19.9. The Hall–Kier alpha value is -2.41. The van der Waals surface area contributed by atoms with E-state index in [0.29, 0.717) is 19.4 Å². The Morgan fingerprint density at radius 2 is 1.81 bits per heavy atom. The molecule has 0 spiro atoms. The molecular weight excluding hydrogens is 406 g/mol. The number of hydrogen-bond donors (Lipinski definition) is 4. The van der Waals surface area contributed by atoms with Gasteiger partial charge < -0.3 is 10.6 Å². The molecule has 1 unspecified atom stereocenters. The molecular formula is C25H39N3O4. The van der Waals surface area contributed by atoms with Crippen molar-refractivity contribution in [2.24, 2.45) is 17.3 Å². The summed E-state index contributed by atoms with van der Waals surface area (Å²) >= 11 is 0. The van der Waals surface area contributed by atoms with Crippen LogP contribution in [0.25, 0.3) is 0 Å². The molecule has 178 valence electrons. The highest BCUT2D eigenvalue weighted by Crippen LogP contribution is 2.55. The average molecular weight is 446 g/mol. The van der Waals surface area contributed by atoms with E-state index in [9.17, 15) is 14.4 Å². The Labute approximate surface area is 191 Å². The fourth-order valence-electron chi connectivity index (χ4n) is 4.38. The second-order valence-corrected chi connectivity index (χ2v) is 9.79. The molecule has 3 amide bonds. The lowest BCUT2D eigenvalue weighted by molar-refractivity contribution is -0.141. The highest BCUT2D eigenvalue weighted by molar-refractivity contribution is 5.94. The summed E-state index contributed by atoms with van der Waals surface area (Å²) in [6.07, 6.45) is 4.36. The van der Waals surface area contributed by atoms with Crippen molar-refractivity contribution in [3.05, 3.63) is 35.9 Å². The maximum absolute atomic E-state index is 13.6. The van der Waals surface area contributed by atoms with Gasteiger partial charge in [-0.15, -0.1) is 0 Å². The van der Waals surface area contributed by atoms with Gasteiger partial charge in [0.25, 0.3) is 0 Å². The number of nitrogens with one attached hydrogen (secondary N) is 3. The smallest absolute Gasteiger partial charge is 0.246 e. The predicted octanol–water partition coefficient (Wildman–Crippen LogP) is 3.71. The first kappa shape index (κ1) is 25.8. The van der Waals surface area contributed by atoms with E-state index in [1.54, 1.807) is 5.48 Å². The van der Waals surface area contributed by atoms with Crippen LogP contribution in [0, 0.1) is 17.3 Å². The Morgan fingerprint density at radius 3 is 2.34 bits per heavy atom. The van der Waals surface area contributed by atoms with Gasteiger partial charge in [-0.25, -0.2) is 5.48 Å². The van der Waals surface area contributed by atoms with Crippen LogP contribution in [0.15, 0.2) is 30.3 Å². The topological polar surface area (TPSA) is 108 Å². The minimum absolute atomic E-state index is 0.118. The summed E-state index contributed by atoms with van der Waals surface area (Å²) < 4.78 is 0. The van der Waals surface area contributed by atoms with E-state index in [0.717, 1.165) is 31.2 Å². The zero-order valence-corrected chi connectivity index (χ0v) is 19.9. The summed E-state index contributed by atoms with van der Waals surface area (Å²) in [4.78, 5) is 38.9. The normalized spacial score (nSPS) is 17.2. The molecule has 1 fully saturated rings. The van der Waals surface area contributed by atoms with Gasteiger partial charge in [0.2, 0.25) is 17.7 Å². The monoisotopic (exact) mass is 445 g/mol. The van der Waals surface area contributed by atoms with Gasteiger partial charge in [0, 0.05) is 18.9 Å². The molecule has 1 aromatic rings. The lowest BCUT2D eigenvalue weighted by atomic mass is 9.76. The second-order valence-electron chi connectivity index (χ2n) is 9.79. The molecule has 0 heterocycles. The van der Waals surface area contributed by atoms with Crippen molar-refractivity contribution < 1.29 is 19.6 Å². The first-order valence-electron chi connectivity index (χ1n) is 11.7. The molecule has 7 nitrogen and oxygen atoms in total. The summed E-state index contributed by atoms with van der Waals surface area (Å²) in [5.41, 5.74) is 1.27. The standard InChI is InChI=1S/C25H39N3O4/c1-5-6-12-25(24(4)13-14-24,23(31)26-17-19-10-8-7-9-11-19)27-22(30)20(15-18(2)3)16-21(29)28-32/h7-11,18,20,32H,5-6,12-17H2,1-4H3,(H,26,31)(H,27,30)(H,28,29)/t20-,25?/m1/s1. The largest absolute Gasteiger partial charge is 0.350 e. The van der Waals surface area contributed by atoms with Crippen LogP contribution in [0.1, 0.15) is 78.2 Å².